The van der Waals surface area contributed by atoms with E-state index >= 15 is 0 Å². The van der Waals surface area contributed by atoms with E-state index < -0.39 is 38.4 Å². The average molecular weight is 641 g/mol. The highest BCUT2D eigenvalue weighted by molar-refractivity contribution is 7.91. The van der Waals surface area contributed by atoms with Crippen molar-refractivity contribution in [2.75, 3.05) is 12.4 Å². The van der Waals surface area contributed by atoms with Crippen molar-refractivity contribution in [2.24, 2.45) is 0 Å². The summed E-state index contributed by atoms with van der Waals surface area (Å²) in [5.41, 5.74) is 0.586. The van der Waals surface area contributed by atoms with Crippen LogP contribution in [0.3, 0.4) is 0 Å². The summed E-state index contributed by atoms with van der Waals surface area (Å²) in [6.45, 7) is 26.4. The molecule has 0 saturated carbocycles. The molecular formula is C29H52N4O6SSi2. The fraction of sp³-hybridized carbons (Fsp3) is 0.759. The molecule has 0 aliphatic carbocycles. The maximum Gasteiger partial charge on any atom is 0.272 e. The molecule has 0 unspecified atom stereocenters. The smallest absolute Gasteiger partial charge is 0.272 e. The van der Waals surface area contributed by atoms with E-state index in [2.05, 4.69) is 83.3 Å². The van der Waals surface area contributed by atoms with Crippen molar-refractivity contribution >= 4 is 26.5 Å². The Morgan fingerprint density at radius 1 is 0.976 bits per heavy atom. The van der Waals surface area contributed by atoms with Crippen LogP contribution in [0.4, 0.5) is 0 Å². The third-order valence-corrected chi connectivity index (χ3v) is 19.5. The van der Waals surface area contributed by atoms with E-state index in [9.17, 15) is 8.42 Å². The first-order chi connectivity index (χ1) is 19.1. The predicted molar refractivity (Wildman–Crippen MR) is 169 cm³/mol. The van der Waals surface area contributed by atoms with Gasteiger partial charge < -0.3 is 18.3 Å². The molecule has 1 aliphatic rings. The van der Waals surface area contributed by atoms with Crippen LogP contribution < -0.4 is 0 Å². The minimum atomic E-state index is -3.76. The van der Waals surface area contributed by atoms with E-state index in [1.807, 2.05) is 32.0 Å². The number of hydrogen-bond acceptors (Lipinski definition) is 9. The zero-order chi connectivity index (χ0) is 31.8. The molecule has 238 valence electrons. The first-order valence-corrected chi connectivity index (χ1v) is 22.3. The number of tetrazole rings is 1. The third-order valence-electron chi connectivity index (χ3n) is 8.88. The van der Waals surface area contributed by atoms with Gasteiger partial charge in [-0.3, -0.25) is 0 Å². The summed E-state index contributed by atoms with van der Waals surface area (Å²) in [6, 6.07) is 9.00. The minimum Gasteiger partial charge on any atom is -0.414 e. The van der Waals surface area contributed by atoms with Gasteiger partial charge in [-0.25, -0.2) is 8.42 Å². The Balaban J connectivity index is 1.81. The number of ether oxygens (including phenoxy) is 2. The topological polar surface area (TPSA) is 115 Å². The van der Waals surface area contributed by atoms with Crippen molar-refractivity contribution in [3.05, 3.63) is 30.3 Å². The summed E-state index contributed by atoms with van der Waals surface area (Å²) >= 11 is 0. The van der Waals surface area contributed by atoms with Crippen LogP contribution in [-0.4, -0.2) is 81.7 Å². The van der Waals surface area contributed by atoms with Gasteiger partial charge in [0.1, 0.15) is 6.10 Å². The van der Waals surface area contributed by atoms with Crippen LogP contribution in [0.1, 0.15) is 68.2 Å². The maximum absolute atomic E-state index is 13.3. The van der Waals surface area contributed by atoms with Crippen molar-refractivity contribution in [1.82, 2.24) is 20.2 Å². The molecule has 3 rings (SSSR count). The van der Waals surface area contributed by atoms with Gasteiger partial charge in [-0.1, -0.05) is 64.8 Å². The van der Waals surface area contributed by atoms with Crippen molar-refractivity contribution < 1.29 is 26.7 Å². The zero-order valence-corrected chi connectivity index (χ0v) is 30.4. The second-order valence-electron chi connectivity index (χ2n) is 14.8. The van der Waals surface area contributed by atoms with E-state index in [0.29, 0.717) is 25.1 Å². The van der Waals surface area contributed by atoms with Crippen LogP contribution in [0.15, 0.2) is 35.5 Å². The standard InChI is InChI=1S/C29H52N4O6SSi2/c1-27(2,3)41(9,10)36-21-24(39-42(11,12)28(4,5)6)25-23(37-29(7,8)38-25)19-16-20-40(34,35)26-30-31-32-33(26)22-17-14-13-15-18-22/h13-15,17-18,23-25H,16,19-21H2,1-12H3/t23-,24+,25-/m0/s1. The molecule has 0 radical (unpaired) electrons. The van der Waals surface area contributed by atoms with E-state index in [1.54, 1.807) is 12.1 Å². The number of rotatable bonds is 12. The summed E-state index contributed by atoms with van der Waals surface area (Å²) in [6.07, 6.45) is -0.304. The van der Waals surface area contributed by atoms with Gasteiger partial charge in [0, 0.05) is 0 Å². The lowest BCUT2D eigenvalue weighted by Gasteiger charge is -2.43. The number of para-hydroxylation sites is 1. The molecule has 1 saturated heterocycles. The fourth-order valence-corrected chi connectivity index (χ4v) is 7.95. The van der Waals surface area contributed by atoms with Crippen molar-refractivity contribution in [2.45, 2.75) is 134 Å². The van der Waals surface area contributed by atoms with Gasteiger partial charge in [-0.2, -0.15) is 4.68 Å². The first-order valence-electron chi connectivity index (χ1n) is 14.8. The second-order valence-corrected chi connectivity index (χ2v) is 26.4. The Bertz CT molecular complexity index is 1290. The molecule has 0 N–H and O–H groups in total. The highest BCUT2D eigenvalue weighted by Gasteiger charge is 2.50. The molecule has 3 atom stereocenters. The molecule has 13 heteroatoms. The molecule has 0 amide bonds. The van der Waals surface area contributed by atoms with Gasteiger partial charge in [-0.05, 0) is 85.5 Å². The van der Waals surface area contributed by atoms with Crippen LogP contribution in [0.25, 0.3) is 5.69 Å². The fourth-order valence-electron chi connectivity index (χ4n) is 4.33. The van der Waals surface area contributed by atoms with Gasteiger partial charge in [0.15, 0.2) is 22.4 Å². The van der Waals surface area contributed by atoms with E-state index in [-0.39, 0.29) is 33.2 Å². The molecule has 1 aromatic carbocycles. The summed E-state index contributed by atoms with van der Waals surface area (Å²) < 4.78 is 54.5. The number of sulfone groups is 1. The number of benzene rings is 1. The summed E-state index contributed by atoms with van der Waals surface area (Å²) in [5.74, 6) is -0.959. The quantitative estimate of drug-likeness (QED) is 0.252. The molecule has 10 nitrogen and oxygen atoms in total. The van der Waals surface area contributed by atoms with Crippen LogP contribution in [0, 0.1) is 0 Å². The van der Waals surface area contributed by atoms with Crippen molar-refractivity contribution in [3.8, 4) is 5.69 Å². The minimum absolute atomic E-state index is 0.0104. The molecule has 1 aromatic heterocycles. The first kappa shape index (κ1) is 35.0. The maximum atomic E-state index is 13.3. The normalized spacial score (nSPS) is 21.0. The average Bonchev–Trinajstić information content (AvgIpc) is 3.46. The highest BCUT2D eigenvalue weighted by Crippen LogP contribution is 2.42. The van der Waals surface area contributed by atoms with Gasteiger partial charge in [0.25, 0.3) is 5.16 Å². The molecule has 2 heterocycles. The van der Waals surface area contributed by atoms with Crippen LogP contribution in [0.5, 0.6) is 0 Å². The molecule has 0 spiro atoms. The summed E-state index contributed by atoms with van der Waals surface area (Å²) in [5, 5.41) is 11.2. The number of aromatic nitrogens is 4. The lowest BCUT2D eigenvalue weighted by molar-refractivity contribution is -0.156. The van der Waals surface area contributed by atoms with Gasteiger partial charge in [0.05, 0.1) is 30.3 Å². The monoisotopic (exact) mass is 640 g/mol. The van der Waals surface area contributed by atoms with Gasteiger partial charge >= 0.3 is 0 Å². The zero-order valence-electron chi connectivity index (χ0n) is 27.6. The second kappa shape index (κ2) is 12.5. The van der Waals surface area contributed by atoms with E-state index in [4.69, 9.17) is 18.3 Å². The lowest BCUT2D eigenvalue weighted by Crippen LogP contribution is -2.53. The van der Waals surface area contributed by atoms with Gasteiger partial charge in [-0.15, -0.1) is 0 Å². The molecular weight excluding hydrogens is 589 g/mol. The summed E-state index contributed by atoms with van der Waals surface area (Å²) in [4.78, 5) is 0. The SMILES string of the molecule is CC1(C)O[C@H]([C@@H](CO[Si](C)(C)C(C)(C)C)O[Si](C)(C)C(C)(C)C)[C@H](CCCS(=O)(=O)c2nnnn2-c2ccccc2)O1. The number of nitrogens with zero attached hydrogens (tertiary/aromatic N) is 4. The van der Waals surface area contributed by atoms with Crippen LogP contribution in [0.2, 0.25) is 36.3 Å². The Hall–Kier alpha value is -1.49. The molecule has 42 heavy (non-hydrogen) atoms. The Morgan fingerprint density at radius 2 is 1.57 bits per heavy atom. The molecule has 2 aromatic rings. The Morgan fingerprint density at radius 3 is 2.14 bits per heavy atom. The molecule has 0 bridgehead atoms. The van der Waals surface area contributed by atoms with Crippen LogP contribution in [-0.2, 0) is 28.2 Å². The molecule has 1 aliphatic heterocycles. The van der Waals surface area contributed by atoms with Gasteiger partial charge in [0.2, 0.25) is 9.84 Å². The predicted octanol–water partition coefficient (Wildman–Crippen LogP) is 6.15. The largest absolute Gasteiger partial charge is 0.414 e. The lowest BCUT2D eigenvalue weighted by atomic mass is 10.0. The van der Waals surface area contributed by atoms with Crippen molar-refractivity contribution in [3.63, 3.8) is 0 Å². The van der Waals surface area contributed by atoms with E-state index in [0.717, 1.165) is 0 Å². The van der Waals surface area contributed by atoms with E-state index in [1.165, 1.54) is 4.68 Å². The summed E-state index contributed by atoms with van der Waals surface area (Å²) in [7, 11) is -8.05. The Labute approximate surface area is 255 Å². The van der Waals surface area contributed by atoms with Crippen molar-refractivity contribution in [1.29, 1.82) is 0 Å². The number of hydrogen-bond donors (Lipinski definition) is 0. The highest BCUT2D eigenvalue weighted by atomic mass is 32.2. The molecule has 1 fully saturated rings. The third kappa shape index (κ3) is 8.36. The van der Waals surface area contributed by atoms with Crippen LogP contribution >= 0.6 is 0 Å². The Kier molecular flexibility index (Phi) is 10.4.